The maximum atomic E-state index is 5.46. The quantitative estimate of drug-likeness (QED) is 0.579. The molecule has 0 saturated carbocycles. The summed E-state index contributed by atoms with van der Waals surface area (Å²) in [5, 5.41) is 0. The molecule has 0 fully saturated rings. The van der Waals surface area contributed by atoms with E-state index in [1.807, 2.05) is 20.8 Å². The highest BCUT2D eigenvalue weighted by atomic mass is 28.4. The maximum Gasteiger partial charge on any atom is 0.500 e. The molecule has 0 saturated heterocycles. The summed E-state index contributed by atoms with van der Waals surface area (Å²) in [6, 6.07) is 0.838. The molecular weight excluding hydrogens is 160 g/mol. The first-order valence-corrected chi connectivity index (χ1v) is 6.00. The molecule has 0 aromatic carbocycles. The monoisotopic (exact) mass is 178 g/mol. The highest BCUT2D eigenvalue weighted by molar-refractivity contribution is 6.60. The van der Waals surface area contributed by atoms with Crippen molar-refractivity contribution < 1.29 is 13.3 Å². The van der Waals surface area contributed by atoms with Crippen LogP contribution in [0.1, 0.15) is 20.8 Å². The minimum absolute atomic E-state index is 0.661. The van der Waals surface area contributed by atoms with E-state index in [1.165, 1.54) is 0 Å². The predicted molar refractivity (Wildman–Crippen MR) is 46.5 cm³/mol. The Labute approximate surface area is 70.0 Å². The Balaban J connectivity index is 3.96. The minimum atomic E-state index is -2.24. The zero-order valence-electron chi connectivity index (χ0n) is 7.85. The van der Waals surface area contributed by atoms with Gasteiger partial charge in [0.2, 0.25) is 0 Å². The van der Waals surface area contributed by atoms with Gasteiger partial charge >= 0.3 is 8.80 Å². The van der Waals surface area contributed by atoms with E-state index in [1.54, 1.807) is 7.11 Å². The zero-order valence-corrected chi connectivity index (χ0v) is 8.85. The van der Waals surface area contributed by atoms with Crippen molar-refractivity contribution in [3.05, 3.63) is 0 Å². The fraction of sp³-hybridized carbons (Fsp3) is 1.00. The fourth-order valence-electron chi connectivity index (χ4n) is 0.948. The average molecular weight is 178 g/mol. The standard InChI is InChI=1S/C7H18O3Si/c1-5-9-11(7-3,8-4)10-6-2/h5-7H2,1-4H3. The van der Waals surface area contributed by atoms with E-state index < -0.39 is 8.80 Å². The molecule has 68 valence electrons. The third-order valence-corrected chi connectivity index (χ3v) is 4.42. The van der Waals surface area contributed by atoms with Crippen LogP contribution in [-0.2, 0) is 13.3 Å². The molecule has 0 spiro atoms. The second kappa shape index (κ2) is 5.71. The van der Waals surface area contributed by atoms with Gasteiger partial charge in [0.1, 0.15) is 0 Å². The second-order valence-electron chi connectivity index (χ2n) is 2.11. The molecule has 11 heavy (non-hydrogen) atoms. The molecule has 0 aliphatic carbocycles. The number of rotatable bonds is 6. The van der Waals surface area contributed by atoms with Crippen LogP contribution >= 0.6 is 0 Å². The first-order valence-electron chi connectivity index (χ1n) is 4.07. The molecule has 0 bridgehead atoms. The van der Waals surface area contributed by atoms with E-state index in [9.17, 15) is 0 Å². The van der Waals surface area contributed by atoms with Crippen LogP contribution in [-0.4, -0.2) is 29.1 Å². The summed E-state index contributed by atoms with van der Waals surface area (Å²) < 4.78 is 16.2. The SMILES string of the molecule is CCO[Si](CC)(OC)OCC. The van der Waals surface area contributed by atoms with Crippen molar-refractivity contribution in [3.8, 4) is 0 Å². The predicted octanol–water partition coefficient (Wildman–Crippen LogP) is 1.66. The van der Waals surface area contributed by atoms with E-state index in [2.05, 4.69) is 0 Å². The van der Waals surface area contributed by atoms with Crippen LogP contribution in [0.25, 0.3) is 0 Å². The Morgan fingerprint density at radius 1 is 1.00 bits per heavy atom. The summed E-state index contributed by atoms with van der Waals surface area (Å²) in [4.78, 5) is 0. The smallest absolute Gasteiger partial charge is 0.377 e. The van der Waals surface area contributed by atoms with Gasteiger partial charge in [0, 0.05) is 26.4 Å². The molecule has 0 radical (unpaired) electrons. The van der Waals surface area contributed by atoms with E-state index in [0.717, 1.165) is 6.04 Å². The lowest BCUT2D eigenvalue weighted by molar-refractivity contribution is 0.0880. The molecule has 0 unspecified atom stereocenters. The molecule has 0 aliphatic heterocycles. The second-order valence-corrected chi connectivity index (χ2v) is 5.17. The van der Waals surface area contributed by atoms with Crippen molar-refractivity contribution >= 4 is 8.80 Å². The molecule has 3 nitrogen and oxygen atoms in total. The Kier molecular flexibility index (Phi) is 5.76. The van der Waals surface area contributed by atoms with E-state index in [-0.39, 0.29) is 0 Å². The van der Waals surface area contributed by atoms with Crippen molar-refractivity contribution in [2.24, 2.45) is 0 Å². The Morgan fingerprint density at radius 3 is 1.64 bits per heavy atom. The van der Waals surface area contributed by atoms with Gasteiger partial charge in [-0.05, 0) is 13.8 Å². The summed E-state index contributed by atoms with van der Waals surface area (Å²) in [6.45, 7) is 7.26. The molecule has 0 rings (SSSR count). The molecule has 0 heterocycles. The lowest BCUT2D eigenvalue weighted by atomic mass is 10.9. The van der Waals surface area contributed by atoms with Crippen molar-refractivity contribution in [2.75, 3.05) is 20.3 Å². The van der Waals surface area contributed by atoms with Gasteiger partial charge in [0.15, 0.2) is 0 Å². The van der Waals surface area contributed by atoms with Crippen molar-refractivity contribution in [1.82, 2.24) is 0 Å². The van der Waals surface area contributed by atoms with Gasteiger partial charge in [0.05, 0.1) is 0 Å². The van der Waals surface area contributed by atoms with Crippen LogP contribution in [0, 0.1) is 0 Å². The summed E-state index contributed by atoms with van der Waals surface area (Å²) in [7, 11) is -0.590. The lowest BCUT2D eigenvalue weighted by Crippen LogP contribution is -2.44. The maximum absolute atomic E-state index is 5.46. The summed E-state index contributed by atoms with van der Waals surface area (Å²) in [5.41, 5.74) is 0. The van der Waals surface area contributed by atoms with Crippen molar-refractivity contribution in [3.63, 3.8) is 0 Å². The average Bonchev–Trinajstić information content (AvgIpc) is 2.04. The molecule has 0 aliphatic rings. The molecule has 0 aromatic heterocycles. The van der Waals surface area contributed by atoms with Gasteiger partial charge in [-0.15, -0.1) is 0 Å². The zero-order chi connectivity index (χ0) is 8.74. The van der Waals surface area contributed by atoms with E-state index in [4.69, 9.17) is 13.3 Å². The first-order chi connectivity index (χ1) is 5.24. The fourth-order valence-corrected chi connectivity index (χ4v) is 2.84. The first kappa shape index (κ1) is 11.1. The van der Waals surface area contributed by atoms with Gasteiger partial charge in [-0.3, -0.25) is 0 Å². The van der Waals surface area contributed by atoms with Crippen LogP contribution in [0.15, 0.2) is 0 Å². The van der Waals surface area contributed by atoms with Crippen molar-refractivity contribution in [2.45, 2.75) is 26.8 Å². The Bertz CT molecular complexity index is 85.7. The number of hydrogen-bond acceptors (Lipinski definition) is 3. The third-order valence-electron chi connectivity index (χ3n) is 1.47. The minimum Gasteiger partial charge on any atom is -0.377 e. The van der Waals surface area contributed by atoms with Gasteiger partial charge in [-0.2, -0.15) is 0 Å². The summed E-state index contributed by atoms with van der Waals surface area (Å²) in [5.74, 6) is 0. The number of hydrogen-bond donors (Lipinski definition) is 0. The van der Waals surface area contributed by atoms with Gasteiger partial charge in [0.25, 0.3) is 0 Å². The van der Waals surface area contributed by atoms with E-state index >= 15 is 0 Å². The van der Waals surface area contributed by atoms with Crippen LogP contribution in [0.4, 0.5) is 0 Å². The normalized spacial score (nSPS) is 12.0. The Morgan fingerprint density at radius 2 is 1.45 bits per heavy atom. The molecule has 0 N–H and O–H groups in total. The Hall–Kier alpha value is 0.0969. The molecule has 0 aromatic rings. The highest BCUT2D eigenvalue weighted by Crippen LogP contribution is 2.13. The third kappa shape index (κ3) is 3.33. The topological polar surface area (TPSA) is 27.7 Å². The van der Waals surface area contributed by atoms with Crippen LogP contribution in [0.3, 0.4) is 0 Å². The molecular formula is C7H18O3Si. The summed E-state index contributed by atoms with van der Waals surface area (Å²) >= 11 is 0. The lowest BCUT2D eigenvalue weighted by Gasteiger charge is -2.25. The molecule has 4 heteroatoms. The van der Waals surface area contributed by atoms with Gasteiger partial charge in [-0.25, -0.2) is 0 Å². The van der Waals surface area contributed by atoms with E-state index in [0.29, 0.717) is 13.2 Å². The van der Waals surface area contributed by atoms with Crippen molar-refractivity contribution in [1.29, 1.82) is 0 Å². The van der Waals surface area contributed by atoms with Gasteiger partial charge in [-0.1, -0.05) is 6.92 Å². The van der Waals surface area contributed by atoms with Crippen LogP contribution in [0.2, 0.25) is 6.04 Å². The van der Waals surface area contributed by atoms with Crippen LogP contribution in [0.5, 0.6) is 0 Å². The highest BCUT2D eigenvalue weighted by Gasteiger charge is 2.36. The largest absolute Gasteiger partial charge is 0.500 e. The van der Waals surface area contributed by atoms with Crippen LogP contribution < -0.4 is 0 Å². The molecule has 0 atom stereocenters. The molecule has 0 amide bonds. The van der Waals surface area contributed by atoms with Gasteiger partial charge < -0.3 is 13.3 Å². The summed E-state index contributed by atoms with van der Waals surface area (Å²) in [6.07, 6.45) is 0.